The molecule has 2 N–H and O–H groups in total. The maximum atomic E-state index is 15.6. The van der Waals surface area contributed by atoms with Gasteiger partial charge in [0.2, 0.25) is 0 Å². The van der Waals surface area contributed by atoms with Gasteiger partial charge in [-0.1, -0.05) is 97.9 Å². The number of halogens is 2. The van der Waals surface area contributed by atoms with Crippen LogP contribution in [0.25, 0.3) is 0 Å². The van der Waals surface area contributed by atoms with Crippen molar-refractivity contribution in [1.29, 1.82) is 0 Å². The standard InChI is InChI=1S/C28H31F2O7P/c1-20-24(31)25(32)26(34-17-21-11-5-2-6-12-21)27(28(20,29)30)37-38(33,35-18-22-13-7-3-8-14-22)36-19-23-15-9-4-10-16-23/h2-16,20,24-27,31-32H,17-19H2,1H3/t20-,24+,25+,26-,27-/m1/s1. The predicted molar refractivity (Wildman–Crippen MR) is 136 cm³/mol. The highest BCUT2D eigenvalue weighted by atomic mass is 31.2. The molecule has 38 heavy (non-hydrogen) atoms. The van der Waals surface area contributed by atoms with Gasteiger partial charge in [0.05, 0.1) is 31.8 Å². The number of hydrogen-bond acceptors (Lipinski definition) is 7. The van der Waals surface area contributed by atoms with Gasteiger partial charge in [0.1, 0.15) is 12.2 Å². The lowest BCUT2D eigenvalue weighted by Gasteiger charge is -2.46. The molecule has 3 aromatic rings. The van der Waals surface area contributed by atoms with Crippen LogP contribution in [-0.2, 0) is 42.7 Å². The molecule has 7 nitrogen and oxygen atoms in total. The number of phosphoric ester groups is 1. The predicted octanol–water partition coefficient (Wildman–Crippen LogP) is 5.51. The van der Waals surface area contributed by atoms with Crippen molar-refractivity contribution in [1.82, 2.24) is 0 Å². The van der Waals surface area contributed by atoms with E-state index in [0.717, 1.165) is 6.92 Å². The van der Waals surface area contributed by atoms with Crippen molar-refractivity contribution in [2.45, 2.75) is 57.1 Å². The van der Waals surface area contributed by atoms with Gasteiger partial charge in [0.15, 0.2) is 6.10 Å². The smallest absolute Gasteiger partial charge is 0.390 e. The molecule has 0 amide bonds. The molecule has 1 aliphatic carbocycles. The largest absolute Gasteiger partial charge is 0.476 e. The molecule has 0 bridgehead atoms. The molecule has 4 rings (SSSR count). The van der Waals surface area contributed by atoms with Crippen LogP contribution in [0.3, 0.4) is 0 Å². The van der Waals surface area contributed by atoms with Crippen molar-refractivity contribution in [3.63, 3.8) is 0 Å². The van der Waals surface area contributed by atoms with E-state index < -0.39 is 44.1 Å². The first kappa shape index (κ1) is 28.5. The third-order valence-electron chi connectivity index (χ3n) is 6.48. The Balaban J connectivity index is 1.60. The number of alkyl halides is 2. The van der Waals surface area contributed by atoms with Crippen LogP contribution in [0.4, 0.5) is 8.78 Å². The Morgan fingerprint density at radius 3 is 1.61 bits per heavy atom. The molecule has 5 atom stereocenters. The van der Waals surface area contributed by atoms with Crippen molar-refractivity contribution < 1.29 is 41.9 Å². The van der Waals surface area contributed by atoms with Gasteiger partial charge in [-0.15, -0.1) is 0 Å². The molecule has 0 aromatic heterocycles. The summed E-state index contributed by atoms with van der Waals surface area (Å²) in [6.45, 7) is 0.459. The van der Waals surface area contributed by atoms with Crippen LogP contribution in [0.2, 0.25) is 0 Å². The summed E-state index contributed by atoms with van der Waals surface area (Å²) >= 11 is 0. The molecule has 0 radical (unpaired) electrons. The van der Waals surface area contributed by atoms with Crippen molar-refractivity contribution in [3.05, 3.63) is 108 Å². The summed E-state index contributed by atoms with van der Waals surface area (Å²) in [4.78, 5) is 0. The van der Waals surface area contributed by atoms with Gasteiger partial charge in [0.25, 0.3) is 5.92 Å². The minimum Gasteiger partial charge on any atom is -0.390 e. The van der Waals surface area contributed by atoms with Crippen LogP contribution in [0, 0.1) is 5.92 Å². The van der Waals surface area contributed by atoms with Gasteiger partial charge >= 0.3 is 7.82 Å². The Hall–Kier alpha value is -2.49. The molecule has 0 spiro atoms. The van der Waals surface area contributed by atoms with Crippen LogP contribution in [-0.4, -0.2) is 40.6 Å². The van der Waals surface area contributed by atoms with Gasteiger partial charge in [0, 0.05) is 0 Å². The molecule has 10 heteroatoms. The van der Waals surface area contributed by atoms with E-state index >= 15 is 8.78 Å². The fourth-order valence-electron chi connectivity index (χ4n) is 4.15. The van der Waals surface area contributed by atoms with E-state index in [4.69, 9.17) is 18.3 Å². The highest BCUT2D eigenvalue weighted by molar-refractivity contribution is 7.48. The quantitative estimate of drug-likeness (QED) is 0.306. The summed E-state index contributed by atoms with van der Waals surface area (Å²) in [6.07, 6.45) is -7.52. The molecule has 0 heterocycles. The summed E-state index contributed by atoms with van der Waals surface area (Å²) in [7, 11) is -4.66. The molecule has 3 aromatic carbocycles. The highest BCUT2D eigenvalue weighted by Crippen LogP contribution is 2.56. The Morgan fingerprint density at radius 1 is 0.737 bits per heavy atom. The highest BCUT2D eigenvalue weighted by Gasteiger charge is 2.62. The first-order chi connectivity index (χ1) is 18.2. The number of rotatable bonds is 11. The second-order valence-corrected chi connectivity index (χ2v) is 10.8. The van der Waals surface area contributed by atoms with Crippen molar-refractivity contribution in [2.75, 3.05) is 0 Å². The zero-order valence-corrected chi connectivity index (χ0v) is 21.7. The Bertz CT molecular complexity index is 1140. The molecule has 0 unspecified atom stereocenters. The lowest BCUT2D eigenvalue weighted by Crippen LogP contribution is -2.65. The normalized spacial score (nSPS) is 25.2. The SMILES string of the molecule is C[C@@H]1[C@H](O)[C@H](O)[C@@H](OCc2ccccc2)[C@@H](OP(=O)(OCc2ccccc2)OCc2ccccc2)C1(F)F. The zero-order chi connectivity index (χ0) is 27.2. The lowest BCUT2D eigenvalue weighted by molar-refractivity contribution is -0.272. The molecule has 0 saturated heterocycles. The molecular formula is C28H31F2O7P. The fraction of sp³-hybridized carbons (Fsp3) is 0.357. The number of ether oxygens (including phenoxy) is 1. The van der Waals surface area contributed by atoms with Crippen molar-refractivity contribution in [2.24, 2.45) is 5.92 Å². The minimum absolute atomic E-state index is 0.153. The van der Waals surface area contributed by atoms with E-state index in [9.17, 15) is 14.8 Å². The number of aliphatic hydroxyl groups excluding tert-OH is 2. The zero-order valence-electron chi connectivity index (χ0n) is 20.8. The molecule has 1 saturated carbocycles. The van der Waals surface area contributed by atoms with Crippen LogP contribution in [0.15, 0.2) is 91.0 Å². The number of benzene rings is 3. The second kappa shape index (κ2) is 12.6. The Labute approximate surface area is 220 Å². The third-order valence-corrected chi connectivity index (χ3v) is 7.85. The van der Waals surface area contributed by atoms with Gasteiger partial charge in [-0.25, -0.2) is 13.3 Å². The van der Waals surface area contributed by atoms with E-state index in [1.807, 2.05) is 0 Å². The summed E-state index contributed by atoms with van der Waals surface area (Å²) in [6, 6.07) is 26.1. The van der Waals surface area contributed by atoms with E-state index in [2.05, 4.69) is 0 Å². The van der Waals surface area contributed by atoms with Crippen molar-refractivity contribution in [3.8, 4) is 0 Å². The molecule has 1 fully saturated rings. The maximum Gasteiger partial charge on any atom is 0.476 e. The fourth-order valence-corrected chi connectivity index (χ4v) is 5.50. The molecular weight excluding hydrogens is 517 g/mol. The van der Waals surface area contributed by atoms with E-state index in [-0.39, 0.29) is 19.8 Å². The molecule has 0 aliphatic heterocycles. The van der Waals surface area contributed by atoms with E-state index in [1.165, 1.54) is 0 Å². The number of aliphatic hydroxyl groups is 2. The van der Waals surface area contributed by atoms with Crippen molar-refractivity contribution >= 4 is 7.82 Å². The van der Waals surface area contributed by atoms with Crippen LogP contribution in [0.1, 0.15) is 23.6 Å². The summed E-state index contributed by atoms with van der Waals surface area (Å²) in [5.41, 5.74) is 1.89. The summed E-state index contributed by atoms with van der Waals surface area (Å²) in [5, 5.41) is 21.1. The third kappa shape index (κ3) is 6.93. The average Bonchev–Trinajstić information content (AvgIpc) is 2.94. The maximum absolute atomic E-state index is 15.6. The topological polar surface area (TPSA) is 94.5 Å². The van der Waals surface area contributed by atoms with Crippen LogP contribution in [0.5, 0.6) is 0 Å². The Morgan fingerprint density at radius 2 is 1.16 bits per heavy atom. The molecule has 1 aliphatic rings. The van der Waals surface area contributed by atoms with E-state index in [0.29, 0.717) is 16.7 Å². The lowest BCUT2D eigenvalue weighted by atomic mass is 9.78. The summed E-state index contributed by atoms with van der Waals surface area (Å²) < 4.78 is 67.3. The summed E-state index contributed by atoms with van der Waals surface area (Å²) in [5.74, 6) is -5.47. The number of phosphoric acid groups is 1. The molecule has 204 valence electrons. The average molecular weight is 549 g/mol. The first-order valence-electron chi connectivity index (χ1n) is 12.2. The van der Waals surface area contributed by atoms with Crippen LogP contribution >= 0.6 is 7.82 Å². The first-order valence-corrected chi connectivity index (χ1v) is 13.7. The Kier molecular flexibility index (Phi) is 9.44. The van der Waals surface area contributed by atoms with Gasteiger partial charge in [-0.3, -0.25) is 13.6 Å². The monoisotopic (exact) mass is 548 g/mol. The van der Waals surface area contributed by atoms with Gasteiger partial charge < -0.3 is 14.9 Å². The van der Waals surface area contributed by atoms with Gasteiger partial charge in [-0.2, -0.15) is 0 Å². The number of hydrogen-bond donors (Lipinski definition) is 2. The van der Waals surface area contributed by atoms with Crippen LogP contribution < -0.4 is 0 Å². The van der Waals surface area contributed by atoms with E-state index in [1.54, 1.807) is 91.0 Å². The van der Waals surface area contributed by atoms with Gasteiger partial charge in [-0.05, 0) is 16.7 Å². The second-order valence-electron chi connectivity index (χ2n) is 9.20. The minimum atomic E-state index is -4.66.